The first-order valence-corrected chi connectivity index (χ1v) is 14.8. The largest absolute Gasteiger partial charge is 0.508 e. The van der Waals surface area contributed by atoms with Crippen LogP contribution in [0, 0.1) is 0 Å². The van der Waals surface area contributed by atoms with Gasteiger partial charge in [-0.05, 0) is 57.6 Å². The summed E-state index contributed by atoms with van der Waals surface area (Å²) in [6, 6.07) is 7.79. The Balaban J connectivity index is 1.83. The van der Waals surface area contributed by atoms with Gasteiger partial charge in [-0.3, -0.25) is 0 Å². The van der Waals surface area contributed by atoms with Crippen LogP contribution >= 0.6 is 27.6 Å². The molecule has 0 aliphatic heterocycles. The minimum absolute atomic E-state index is 0.0697. The summed E-state index contributed by atoms with van der Waals surface area (Å²) in [5.41, 5.74) is -0.0697. The lowest BCUT2D eigenvalue weighted by molar-refractivity contribution is 0.475. The van der Waals surface area contributed by atoms with E-state index in [1.54, 1.807) is 0 Å². The molecular formula is C22H38IOP. The molecule has 0 spiro atoms. The fourth-order valence-electron chi connectivity index (χ4n) is 3.19. The fraction of sp³-hybridized carbons (Fsp3) is 0.727. The van der Waals surface area contributed by atoms with Crippen molar-refractivity contribution < 1.29 is 5.11 Å². The fourth-order valence-corrected chi connectivity index (χ4v) is 6.41. The molecule has 1 aromatic rings. The SMILES string of the molecule is CCCCCCCCCCCCCCCCP(I)c1ccc(O)cc1. The van der Waals surface area contributed by atoms with Gasteiger partial charge in [0.2, 0.25) is 0 Å². The van der Waals surface area contributed by atoms with Crippen molar-refractivity contribution in [2.24, 2.45) is 0 Å². The maximum Gasteiger partial charge on any atom is 0.115 e. The first kappa shape index (κ1) is 23.2. The van der Waals surface area contributed by atoms with Crippen LogP contribution in [0.2, 0.25) is 0 Å². The van der Waals surface area contributed by atoms with Crippen LogP contribution in [0.4, 0.5) is 0 Å². The van der Waals surface area contributed by atoms with Crippen LogP contribution < -0.4 is 5.30 Å². The van der Waals surface area contributed by atoms with E-state index in [0.29, 0.717) is 5.75 Å². The first-order chi connectivity index (χ1) is 12.2. The third kappa shape index (κ3) is 13.1. The van der Waals surface area contributed by atoms with Crippen molar-refractivity contribution in [3.63, 3.8) is 0 Å². The van der Waals surface area contributed by atoms with E-state index < -0.39 is 0 Å². The zero-order valence-electron chi connectivity index (χ0n) is 16.2. The van der Waals surface area contributed by atoms with Crippen LogP contribution in [-0.4, -0.2) is 11.3 Å². The molecule has 0 saturated heterocycles. The van der Waals surface area contributed by atoms with Crippen molar-refractivity contribution >= 4 is 32.9 Å². The molecule has 1 aromatic carbocycles. The van der Waals surface area contributed by atoms with E-state index in [0.717, 1.165) is 0 Å². The van der Waals surface area contributed by atoms with Gasteiger partial charge in [-0.15, -0.1) is 0 Å². The number of hydrogen-bond donors (Lipinski definition) is 1. The molecule has 0 heterocycles. The van der Waals surface area contributed by atoms with Crippen molar-refractivity contribution in [3.8, 4) is 5.75 Å². The summed E-state index contributed by atoms with van der Waals surface area (Å²) >= 11 is 2.60. The van der Waals surface area contributed by atoms with Crippen molar-refractivity contribution in [2.75, 3.05) is 6.16 Å². The van der Waals surface area contributed by atoms with Crippen molar-refractivity contribution in [3.05, 3.63) is 24.3 Å². The molecule has 144 valence electrons. The van der Waals surface area contributed by atoms with Gasteiger partial charge in [0.05, 0.1) is 0 Å². The third-order valence-corrected chi connectivity index (χ3v) is 9.52. The molecule has 0 bridgehead atoms. The lowest BCUT2D eigenvalue weighted by Crippen LogP contribution is -1.98. The summed E-state index contributed by atoms with van der Waals surface area (Å²) in [5, 5.41) is 10.8. The summed E-state index contributed by atoms with van der Waals surface area (Å²) in [6.45, 7) is 2.29. The lowest BCUT2D eigenvalue weighted by Gasteiger charge is -2.10. The summed E-state index contributed by atoms with van der Waals surface area (Å²) in [5.74, 6) is 0.375. The molecule has 0 aromatic heterocycles. The van der Waals surface area contributed by atoms with E-state index in [2.05, 4.69) is 41.1 Å². The average Bonchev–Trinajstić information content (AvgIpc) is 2.62. The molecule has 1 unspecified atom stereocenters. The second kappa shape index (κ2) is 16.4. The zero-order chi connectivity index (χ0) is 18.2. The van der Waals surface area contributed by atoms with E-state index in [4.69, 9.17) is 0 Å². The molecule has 0 amide bonds. The molecule has 0 aliphatic rings. The Kier molecular flexibility index (Phi) is 15.2. The Morgan fingerprint density at radius 1 is 0.680 bits per heavy atom. The second-order valence-corrected chi connectivity index (χ2v) is 12.4. The van der Waals surface area contributed by atoms with Crippen LogP contribution in [0.1, 0.15) is 96.8 Å². The monoisotopic (exact) mass is 476 g/mol. The molecule has 1 atom stereocenters. The predicted octanol–water partition coefficient (Wildman–Crippen LogP) is 8.33. The molecule has 0 fully saturated rings. The Bertz CT molecular complexity index is 407. The smallest absolute Gasteiger partial charge is 0.115 e. The molecule has 1 N–H and O–H groups in total. The molecule has 1 rings (SSSR count). The van der Waals surface area contributed by atoms with Gasteiger partial charge in [-0.1, -0.05) is 103 Å². The van der Waals surface area contributed by atoms with Gasteiger partial charge < -0.3 is 5.11 Å². The third-order valence-electron chi connectivity index (χ3n) is 4.84. The van der Waals surface area contributed by atoms with Gasteiger partial charge in [-0.25, -0.2) is 0 Å². The molecule has 0 saturated carbocycles. The number of hydrogen-bond acceptors (Lipinski definition) is 1. The number of halogens is 1. The van der Waals surface area contributed by atoms with Crippen molar-refractivity contribution in [1.29, 1.82) is 0 Å². The van der Waals surface area contributed by atoms with Crippen LogP contribution in [0.3, 0.4) is 0 Å². The van der Waals surface area contributed by atoms with Crippen LogP contribution in [0.15, 0.2) is 24.3 Å². The molecule has 0 aliphatic carbocycles. The Morgan fingerprint density at radius 3 is 1.52 bits per heavy atom. The van der Waals surface area contributed by atoms with Crippen LogP contribution in [0.5, 0.6) is 5.75 Å². The van der Waals surface area contributed by atoms with Crippen LogP contribution in [0.25, 0.3) is 0 Å². The Hall–Kier alpha value is 0.180. The molecule has 1 nitrogen and oxygen atoms in total. The molecule has 25 heavy (non-hydrogen) atoms. The maximum atomic E-state index is 9.35. The second-order valence-electron chi connectivity index (χ2n) is 7.20. The van der Waals surface area contributed by atoms with E-state index in [-0.39, 0.29) is 5.56 Å². The maximum absolute atomic E-state index is 9.35. The van der Waals surface area contributed by atoms with Crippen molar-refractivity contribution in [1.82, 2.24) is 0 Å². The summed E-state index contributed by atoms with van der Waals surface area (Å²) in [7, 11) is 0. The van der Waals surface area contributed by atoms with E-state index in [9.17, 15) is 5.11 Å². The average molecular weight is 476 g/mol. The van der Waals surface area contributed by atoms with Gasteiger partial charge >= 0.3 is 0 Å². The number of aromatic hydroxyl groups is 1. The molecular weight excluding hydrogens is 438 g/mol. The highest BCUT2D eigenvalue weighted by atomic mass is 127. The van der Waals surface area contributed by atoms with Crippen molar-refractivity contribution in [2.45, 2.75) is 96.8 Å². The topological polar surface area (TPSA) is 20.2 Å². The minimum Gasteiger partial charge on any atom is -0.508 e. The van der Waals surface area contributed by atoms with Gasteiger partial charge in [0.1, 0.15) is 5.75 Å². The minimum atomic E-state index is -0.0697. The van der Waals surface area contributed by atoms with E-state index in [1.165, 1.54) is 101 Å². The van der Waals surface area contributed by atoms with Gasteiger partial charge in [0.15, 0.2) is 0 Å². The highest BCUT2D eigenvalue weighted by Gasteiger charge is 2.06. The lowest BCUT2D eigenvalue weighted by atomic mass is 10.0. The normalized spacial score (nSPS) is 12.4. The highest BCUT2D eigenvalue weighted by Crippen LogP contribution is 2.44. The number of benzene rings is 1. The predicted molar refractivity (Wildman–Crippen MR) is 124 cm³/mol. The summed E-state index contributed by atoms with van der Waals surface area (Å²) in [4.78, 5) is 0. The van der Waals surface area contributed by atoms with E-state index in [1.807, 2.05) is 12.1 Å². The molecule has 3 heteroatoms. The van der Waals surface area contributed by atoms with Gasteiger partial charge in [-0.2, -0.15) is 0 Å². The van der Waals surface area contributed by atoms with Gasteiger partial charge in [0, 0.05) is 0 Å². The Labute approximate surface area is 170 Å². The van der Waals surface area contributed by atoms with Crippen LogP contribution in [-0.2, 0) is 0 Å². The first-order valence-electron chi connectivity index (χ1n) is 10.5. The number of phenolic OH excluding ortho intramolecular Hbond substituents is 1. The van der Waals surface area contributed by atoms with Gasteiger partial charge in [0.25, 0.3) is 0 Å². The number of rotatable bonds is 16. The summed E-state index contributed by atoms with van der Waals surface area (Å²) in [6.07, 6.45) is 21.3. The van der Waals surface area contributed by atoms with E-state index >= 15 is 0 Å². The molecule has 0 radical (unpaired) electrons. The standard InChI is InChI=1S/C22H38IOP/c1-2-3-4-5-6-7-8-9-10-11-12-13-14-15-20-25(23)22-18-16-21(24)17-19-22/h16-19,24H,2-15,20H2,1H3. The zero-order valence-corrected chi connectivity index (χ0v) is 19.2. The Morgan fingerprint density at radius 2 is 1.08 bits per heavy atom. The quantitative estimate of drug-likeness (QED) is 0.144. The summed E-state index contributed by atoms with van der Waals surface area (Å²) < 4.78 is 0. The number of phenols is 1. The highest BCUT2D eigenvalue weighted by molar-refractivity contribution is 14.2. The number of unbranched alkanes of at least 4 members (excludes halogenated alkanes) is 13.